The van der Waals surface area contributed by atoms with Gasteiger partial charge in [-0.05, 0) is 12.1 Å². The van der Waals surface area contributed by atoms with Crippen molar-refractivity contribution >= 4 is 22.8 Å². The van der Waals surface area contributed by atoms with E-state index in [9.17, 15) is 0 Å². The van der Waals surface area contributed by atoms with Crippen molar-refractivity contribution in [3.05, 3.63) is 42.2 Å². The molecule has 0 aliphatic carbocycles. The molecule has 0 spiro atoms. The predicted molar refractivity (Wildman–Crippen MR) is 89.1 cm³/mol. The van der Waals surface area contributed by atoms with Crippen molar-refractivity contribution in [3.8, 4) is 11.5 Å². The normalized spacial score (nSPS) is 10.7. The molecule has 0 atom stereocenters. The molecule has 0 aliphatic heterocycles. The van der Waals surface area contributed by atoms with Gasteiger partial charge in [0.05, 0.1) is 25.4 Å². The Morgan fingerprint density at radius 3 is 2.65 bits per heavy atom. The third kappa shape index (κ3) is 2.92. The second-order valence-electron chi connectivity index (χ2n) is 4.64. The van der Waals surface area contributed by atoms with E-state index in [1.54, 1.807) is 38.3 Å². The van der Waals surface area contributed by atoms with E-state index in [1.807, 2.05) is 24.3 Å². The minimum absolute atomic E-state index is 0.590. The zero-order chi connectivity index (χ0) is 16.2. The topological polar surface area (TPSA) is 58.4 Å². The van der Waals surface area contributed by atoms with Crippen LogP contribution in [0.2, 0.25) is 0 Å². The summed E-state index contributed by atoms with van der Waals surface area (Å²) in [4.78, 5) is 14.4. The van der Waals surface area contributed by atoms with Gasteiger partial charge in [0.2, 0.25) is 5.16 Å². The highest BCUT2D eigenvalue weighted by molar-refractivity contribution is 7.98. The molecule has 0 N–H and O–H groups in total. The Balaban J connectivity index is 1.89. The first-order valence-electron chi connectivity index (χ1n) is 6.99. The fourth-order valence-corrected chi connectivity index (χ4v) is 3.26. The molecule has 7 heteroatoms. The molecule has 2 aromatic heterocycles. The van der Waals surface area contributed by atoms with Crippen molar-refractivity contribution in [1.29, 1.82) is 0 Å². The van der Waals surface area contributed by atoms with Crippen LogP contribution in [0.3, 0.4) is 0 Å². The molecule has 0 radical (unpaired) electrons. The van der Waals surface area contributed by atoms with Crippen LogP contribution < -0.4 is 14.3 Å². The second-order valence-corrected chi connectivity index (χ2v) is 5.58. The number of para-hydroxylation sites is 2. The molecule has 0 saturated heterocycles. The largest absolute Gasteiger partial charge is 0.493 e. The van der Waals surface area contributed by atoms with Crippen LogP contribution in [0.4, 0.5) is 0 Å². The van der Waals surface area contributed by atoms with E-state index in [0.29, 0.717) is 17.3 Å². The lowest BCUT2D eigenvalue weighted by molar-refractivity contribution is 0.155. The summed E-state index contributed by atoms with van der Waals surface area (Å²) < 4.78 is 12.4. The number of ether oxygens (including phenoxy) is 2. The lowest BCUT2D eigenvalue weighted by Gasteiger charge is -2.11. The monoisotopic (exact) mass is 331 g/mol. The number of pyridine rings is 1. The summed E-state index contributed by atoms with van der Waals surface area (Å²) in [6, 6.07) is 9.62. The molecule has 2 heterocycles. The smallest absolute Gasteiger partial charge is 0.204 e. The summed E-state index contributed by atoms with van der Waals surface area (Å²) in [5.74, 6) is 1.90. The standard InChI is InChI=1S/C16H17N3O3S/c1-20-14-8-9-17-12(15(14)21-2)10-23-16-18-11-6-4-5-7-13(11)19(16)22-3/h4-9H,10H2,1-3H3. The number of hydrogen-bond acceptors (Lipinski definition) is 6. The van der Waals surface area contributed by atoms with Gasteiger partial charge in [-0.25, -0.2) is 4.98 Å². The Morgan fingerprint density at radius 1 is 1.09 bits per heavy atom. The van der Waals surface area contributed by atoms with Crippen LogP contribution in [0, 0.1) is 0 Å². The number of imidazole rings is 1. The maximum absolute atomic E-state index is 5.45. The van der Waals surface area contributed by atoms with Crippen molar-refractivity contribution in [1.82, 2.24) is 14.7 Å². The molecule has 0 fully saturated rings. The fraction of sp³-hybridized carbons (Fsp3) is 0.250. The minimum atomic E-state index is 0.590. The number of rotatable bonds is 6. The number of methoxy groups -OCH3 is 2. The van der Waals surface area contributed by atoms with Crippen molar-refractivity contribution in [2.24, 2.45) is 0 Å². The van der Waals surface area contributed by atoms with Crippen LogP contribution in [0.15, 0.2) is 41.7 Å². The Morgan fingerprint density at radius 2 is 1.91 bits per heavy atom. The molecule has 23 heavy (non-hydrogen) atoms. The Hall–Kier alpha value is -2.41. The van der Waals surface area contributed by atoms with Gasteiger partial charge in [0, 0.05) is 18.0 Å². The summed E-state index contributed by atoms with van der Waals surface area (Å²) in [6.07, 6.45) is 1.70. The van der Waals surface area contributed by atoms with Gasteiger partial charge in [0.1, 0.15) is 12.6 Å². The third-order valence-electron chi connectivity index (χ3n) is 3.38. The number of aromatic nitrogens is 3. The summed E-state index contributed by atoms with van der Waals surface area (Å²) >= 11 is 1.53. The lowest BCUT2D eigenvalue weighted by atomic mass is 10.3. The first-order valence-corrected chi connectivity index (χ1v) is 7.97. The van der Waals surface area contributed by atoms with Crippen molar-refractivity contribution in [3.63, 3.8) is 0 Å². The van der Waals surface area contributed by atoms with Crippen molar-refractivity contribution in [2.75, 3.05) is 21.3 Å². The molecular formula is C16H17N3O3S. The molecule has 0 bridgehead atoms. The van der Waals surface area contributed by atoms with Gasteiger partial charge >= 0.3 is 0 Å². The maximum atomic E-state index is 5.45. The molecule has 0 saturated carbocycles. The van der Waals surface area contributed by atoms with Gasteiger partial charge in [-0.2, -0.15) is 4.73 Å². The van der Waals surface area contributed by atoms with Crippen LogP contribution in [-0.2, 0) is 5.75 Å². The van der Waals surface area contributed by atoms with E-state index in [2.05, 4.69) is 9.97 Å². The Bertz CT molecular complexity index is 819. The van der Waals surface area contributed by atoms with Gasteiger partial charge < -0.3 is 14.3 Å². The van der Waals surface area contributed by atoms with Crippen molar-refractivity contribution in [2.45, 2.75) is 10.9 Å². The minimum Gasteiger partial charge on any atom is -0.493 e. The average Bonchev–Trinajstić information content (AvgIpc) is 2.96. The van der Waals surface area contributed by atoms with Crippen LogP contribution >= 0.6 is 11.8 Å². The number of fused-ring (bicyclic) bond motifs is 1. The first kappa shape index (κ1) is 15.5. The number of benzene rings is 1. The summed E-state index contributed by atoms with van der Waals surface area (Å²) in [6.45, 7) is 0. The number of hydrogen-bond donors (Lipinski definition) is 0. The highest BCUT2D eigenvalue weighted by atomic mass is 32.2. The van der Waals surface area contributed by atoms with E-state index in [0.717, 1.165) is 21.9 Å². The predicted octanol–water partition coefficient (Wildman–Crippen LogP) is 2.80. The van der Waals surface area contributed by atoms with E-state index in [4.69, 9.17) is 14.3 Å². The fourth-order valence-electron chi connectivity index (χ4n) is 2.34. The van der Waals surface area contributed by atoms with Crippen LogP contribution in [0.5, 0.6) is 11.5 Å². The summed E-state index contributed by atoms with van der Waals surface area (Å²) in [5.41, 5.74) is 2.62. The van der Waals surface area contributed by atoms with Crippen LogP contribution in [-0.4, -0.2) is 36.0 Å². The van der Waals surface area contributed by atoms with Crippen LogP contribution in [0.1, 0.15) is 5.69 Å². The number of thioether (sulfide) groups is 1. The quantitative estimate of drug-likeness (QED) is 0.647. The second kappa shape index (κ2) is 6.78. The molecular weight excluding hydrogens is 314 g/mol. The molecule has 120 valence electrons. The van der Waals surface area contributed by atoms with E-state index >= 15 is 0 Å². The first-order chi connectivity index (χ1) is 11.3. The SMILES string of the molecule is COc1ccnc(CSc2nc3ccccc3n2OC)c1OC. The molecule has 0 aliphatic rings. The molecule has 1 aromatic carbocycles. The van der Waals surface area contributed by atoms with E-state index in [1.165, 1.54) is 11.8 Å². The van der Waals surface area contributed by atoms with E-state index in [-0.39, 0.29) is 0 Å². The van der Waals surface area contributed by atoms with Gasteiger partial charge in [-0.3, -0.25) is 4.98 Å². The van der Waals surface area contributed by atoms with Gasteiger partial charge in [0.25, 0.3) is 0 Å². The molecule has 0 unspecified atom stereocenters. The lowest BCUT2D eigenvalue weighted by Crippen LogP contribution is -2.07. The molecule has 0 amide bonds. The van der Waals surface area contributed by atoms with Crippen LogP contribution in [0.25, 0.3) is 11.0 Å². The van der Waals surface area contributed by atoms with Gasteiger partial charge in [0.15, 0.2) is 11.5 Å². The Kier molecular flexibility index (Phi) is 4.57. The zero-order valence-electron chi connectivity index (χ0n) is 13.1. The molecule has 3 rings (SSSR count). The maximum Gasteiger partial charge on any atom is 0.204 e. The van der Waals surface area contributed by atoms with E-state index < -0.39 is 0 Å². The molecule has 3 aromatic rings. The summed E-state index contributed by atoms with van der Waals surface area (Å²) in [5, 5.41) is 0.764. The average molecular weight is 331 g/mol. The van der Waals surface area contributed by atoms with Gasteiger partial charge in [-0.1, -0.05) is 23.9 Å². The summed E-state index contributed by atoms with van der Waals surface area (Å²) in [7, 11) is 4.85. The molecule has 6 nitrogen and oxygen atoms in total. The van der Waals surface area contributed by atoms with Crippen molar-refractivity contribution < 1.29 is 14.3 Å². The third-order valence-corrected chi connectivity index (χ3v) is 4.31. The number of nitrogens with zero attached hydrogens (tertiary/aromatic N) is 3. The Labute approximate surface area is 138 Å². The zero-order valence-corrected chi connectivity index (χ0v) is 14.0. The van der Waals surface area contributed by atoms with Gasteiger partial charge in [-0.15, -0.1) is 0 Å². The highest BCUT2D eigenvalue weighted by Crippen LogP contribution is 2.33. The highest BCUT2D eigenvalue weighted by Gasteiger charge is 2.15.